The lowest BCUT2D eigenvalue weighted by atomic mass is 9.95. The van der Waals surface area contributed by atoms with E-state index in [-0.39, 0.29) is 11.8 Å². The Labute approximate surface area is 131 Å². The first-order chi connectivity index (χ1) is 9.49. The third-order valence-corrected chi connectivity index (χ3v) is 9.78. The zero-order chi connectivity index (χ0) is 16.8. The second kappa shape index (κ2) is 8.63. The highest BCUT2D eigenvalue weighted by Gasteiger charge is 2.39. The molecule has 0 heterocycles. The fourth-order valence-electron chi connectivity index (χ4n) is 2.22. The van der Waals surface area contributed by atoms with Gasteiger partial charge in [-0.25, -0.2) is 0 Å². The molecule has 0 rings (SSSR count). The Morgan fingerprint density at radius 1 is 1.14 bits per heavy atom. The van der Waals surface area contributed by atoms with Gasteiger partial charge in [0.05, 0.1) is 27.4 Å². The van der Waals surface area contributed by atoms with Gasteiger partial charge in [0.25, 0.3) is 0 Å². The van der Waals surface area contributed by atoms with E-state index in [0.717, 1.165) is 4.94 Å². The van der Waals surface area contributed by atoms with Crippen LogP contribution in [0.25, 0.3) is 0 Å². The van der Waals surface area contributed by atoms with Crippen LogP contribution in [0.2, 0.25) is 19.6 Å². The lowest BCUT2D eigenvalue weighted by Crippen LogP contribution is -2.29. The normalized spacial score (nSPS) is 17.1. The van der Waals surface area contributed by atoms with Gasteiger partial charge in [-0.2, -0.15) is 0 Å². The van der Waals surface area contributed by atoms with Gasteiger partial charge < -0.3 is 14.2 Å². The Balaban J connectivity index is 5.72. The predicted octanol–water partition coefficient (Wildman–Crippen LogP) is 4.67. The molecule has 6 heteroatoms. The van der Waals surface area contributed by atoms with Crippen molar-refractivity contribution in [3.63, 3.8) is 0 Å². The van der Waals surface area contributed by atoms with Crippen LogP contribution in [-0.2, 0) is 13.6 Å². The van der Waals surface area contributed by atoms with Crippen LogP contribution in [0.5, 0.6) is 0 Å². The summed E-state index contributed by atoms with van der Waals surface area (Å²) in [6.45, 7) is 16.6. The van der Waals surface area contributed by atoms with Crippen molar-refractivity contribution in [3.8, 4) is 0 Å². The minimum Gasteiger partial charge on any atom is -0.392 e. The molecule has 0 spiro atoms. The lowest BCUT2D eigenvalue weighted by Gasteiger charge is -2.30. The third kappa shape index (κ3) is 6.37. The zero-order valence-electron chi connectivity index (χ0n) is 14.8. The Kier molecular flexibility index (Phi) is 8.66. The molecule has 21 heavy (non-hydrogen) atoms. The van der Waals surface area contributed by atoms with Crippen LogP contribution >= 0.6 is 7.60 Å². The Bertz CT molecular complexity index is 378. The minimum absolute atomic E-state index is 0.0824. The Morgan fingerprint density at radius 3 is 1.86 bits per heavy atom. The molecular weight excluding hydrogens is 303 g/mol. The molecule has 4 nitrogen and oxygen atoms in total. The molecule has 2 atom stereocenters. The highest BCUT2D eigenvalue weighted by Crippen LogP contribution is 2.59. The smallest absolute Gasteiger partial charge is 0.353 e. The second-order valence-electron chi connectivity index (χ2n) is 6.73. The molecule has 0 unspecified atom stereocenters. The summed E-state index contributed by atoms with van der Waals surface area (Å²) < 4.78 is 24.2. The maximum atomic E-state index is 13.1. The summed E-state index contributed by atoms with van der Waals surface area (Å²) in [5, 5.41) is 10.2. The molecule has 1 N–H and O–H groups in total. The first-order valence-electron chi connectivity index (χ1n) is 7.79. The standard InChI is InChI=1S/C15H33O4PSi/c1-9-18-20(17,19-10-2)14(21(6,7)8)11-13(5)15(16)12(3)4/h11-13,15-16H,9-10H2,1-8H3/b14-11+/t13-,15-/m1/s1. The van der Waals surface area contributed by atoms with Crippen molar-refractivity contribution in [3.05, 3.63) is 11.0 Å². The zero-order valence-corrected chi connectivity index (χ0v) is 16.7. The van der Waals surface area contributed by atoms with E-state index in [9.17, 15) is 9.67 Å². The Hall–Kier alpha value is 0.0669. The first-order valence-corrected chi connectivity index (χ1v) is 12.8. The van der Waals surface area contributed by atoms with Crippen molar-refractivity contribution in [2.75, 3.05) is 13.2 Å². The summed E-state index contributed by atoms with van der Waals surface area (Å²) in [7, 11) is -5.17. The molecule has 0 saturated carbocycles. The minimum atomic E-state index is -3.26. The van der Waals surface area contributed by atoms with Crippen LogP contribution in [0.15, 0.2) is 11.0 Å². The average molecular weight is 336 g/mol. The Morgan fingerprint density at radius 2 is 1.57 bits per heavy atom. The molecular formula is C15H33O4PSi. The molecule has 0 aromatic rings. The van der Waals surface area contributed by atoms with Crippen LogP contribution in [0, 0.1) is 11.8 Å². The molecule has 126 valence electrons. The van der Waals surface area contributed by atoms with Crippen LogP contribution in [0.4, 0.5) is 0 Å². The van der Waals surface area contributed by atoms with Crippen LogP contribution in [-0.4, -0.2) is 32.5 Å². The highest BCUT2D eigenvalue weighted by molar-refractivity contribution is 7.62. The van der Waals surface area contributed by atoms with Crippen molar-refractivity contribution in [1.82, 2.24) is 0 Å². The molecule has 0 aliphatic rings. The fourth-order valence-corrected chi connectivity index (χ4v) is 8.11. The van der Waals surface area contributed by atoms with Crippen LogP contribution in [0.1, 0.15) is 34.6 Å². The number of rotatable bonds is 9. The predicted molar refractivity (Wildman–Crippen MR) is 92.3 cm³/mol. The number of hydrogen-bond donors (Lipinski definition) is 1. The van der Waals surface area contributed by atoms with E-state index in [1.807, 2.05) is 40.7 Å². The van der Waals surface area contributed by atoms with Gasteiger partial charge in [0, 0.05) is 10.9 Å². The molecule has 0 aliphatic heterocycles. The average Bonchev–Trinajstić information content (AvgIpc) is 2.33. The van der Waals surface area contributed by atoms with E-state index in [0.29, 0.717) is 13.2 Å². The molecule has 0 aliphatic carbocycles. The van der Waals surface area contributed by atoms with Gasteiger partial charge in [0.15, 0.2) is 0 Å². The van der Waals surface area contributed by atoms with E-state index in [1.165, 1.54) is 0 Å². The third-order valence-electron chi connectivity index (χ3n) is 3.30. The number of aliphatic hydroxyl groups excluding tert-OH is 1. The maximum absolute atomic E-state index is 13.1. The maximum Gasteiger partial charge on any atom is 0.353 e. The molecule has 0 fully saturated rings. The summed E-state index contributed by atoms with van der Waals surface area (Å²) in [6, 6.07) is 0. The number of aliphatic hydroxyl groups is 1. The van der Waals surface area contributed by atoms with E-state index < -0.39 is 21.8 Å². The molecule has 0 aromatic carbocycles. The van der Waals surface area contributed by atoms with Gasteiger partial charge in [0.2, 0.25) is 0 Å². The monoisotopic (exact) mass is 336 g/mol. The summed E-state index contributed by atoms with van der Waals surface area (Å²) in [5.74, 6) is 0.0682. The summed E-state index contributed by atoms with van der Waals surface area (Å²) in [4.78, 5) is 0.783. The van der Waals surface area contributed by atoms with Gasteiger partial charge in [-0.3, -0.25) is 4.57 Å². The van der Waals surface area contributed by atoms with E-state index in [4.69, 9.17) is 9.05 Å². The second-order valence-corrected chi connectivity index (χ2v) is 14.2. The van der Waals surface area contributed by atoms with Crippen molar-refractivity contribution >= 4 is 15.7 Å². The molecule has 0 saturated heterocycles. The van der Waals surface area contributed by atoms with E-state index >= 15 is 0 Å². The van der Waals surface area contributed by atoms with Gasteiger partial charge in [-0.1, -0.05) is 46.5 Å². The number of hydrogen-bond acceptors (Lipinski definition) is 4. The molecule has 0 radical (unpaired) electrons. The van der Waals surface area contributed by atoms with E-state index in [2.05, 4.69) is 19.6 Å². The summed E-state index contributed by atoms with van der Waals surface area (Å²) >= 11 is 0. The van der Waals surface area contributed by atoms with Crippen molar-refractivity contribution in [2.45, 2.75) is 60.4 Å². The molecule has 0 aromatic heterocycles. The summed E-state index contributed by atoms with van der Waals surface area (Å²) in [5.41, 5.74) is 0. The van der Waals surface area contributed by atoms with Crippen LogP contribution < -0.4 is 0 Å². The highest BCUT2D eigenvalue weighted by atomic mass is 31.2. The lowest BCUT2D eigenvalue weighted by molar-refractivity contribution is 0.0910. The van der Waals surface area contributed by atoms with Gasteiger partial charge in [-0.15, -0.1) is 0 Å². The summed E-state index contributed by atoms with van der Waals surface area (Å²) in [6.07, 6.45) is 1.47. The largest absolute Gasteiger partial charge is 0.392 e. The van der Waals surface area contributed by atoms with Crippen molar-refractivity contribution < 1.29 is 18.7 Å². The van der Waals surface area contributed by atoms with Gasteiger partial charge >= 0.3 is 7.60 Å². The van der Waals surface area contributed by atoms with E-state index in [1.54, 1.807) is 0 Å². The van der Waals surface area contributed by atoms with Gasteiger partial charge in [0.1, 0.15) is 0 Å². The van der Waals surface area contributed by atoms with Gasteiger partial charge in [-0.05, 0) is 19.8 Å². The fraction of sp³-hybridized carbons (Fsp3) is 0.867. The molecule has 0 amide bonds. The van der Waals surface area contributed by atoms with Crippen LogP contribution in [0.3, 0.4) is 0 Å². The quantitative estimate of drug-likeness (QED) is 0.491. The first kappa shape index (κ1) is 21.1. The van der Waals surface area contributed by atoms with Crippen molar-refractivity contribution in [1.29, 1.82) is 0 Å². The SMILES string of the molecule is CCOP(=O)(OCC)/C(=C\[C@@H](C)[C@H](O)C(C)C)[Si](C)(C)C. The van der Waals surface area contributed by atoms with Crippen molar-refractivity contribution in [2.24, 2.45) is 11.8 Å². The molecule has 0 bridgehead atoms. The topological polar surface area (TPSA) is 55.8 Å².